The molecule has 0 aliphatic carbocycles. The number of carbonyl (C=O) groups excluding carboxylic acids is 1. The number of carbonyl (C=O) groups is 1. The summed E-state index contributed by atoms with van der Waals surface area (Å²) in [6.07, 6.45) is 1.72. The Morgan fingerprint density at radius 3 is 2.58 bits per heavy atom. The van der Waals surface area contributed by atoms with Gasteiger partial charge in [0.2, 0.25) is 5.91 Å². The van der Waals surface area contributed by atoms with E-state index < -0.39 is 0 Å². The third-order valence-electron chi connectivity index (χ3n) is 4.38. The van der Waals surface area contributed by atoms with E-state index in [1.807, 2.05) is 16.7 Å². The molecule has 0 saturated heterocycles. The smallest absolute Gasteiger partial charge is 0.234 e. The maximum Gasteiger partial charge on any atom is 0.234 e. The van der Waals surface area contributed by atoms with Crippen molar-refractivity contribution in [3.63, 3.8) is 0 Å². The van der Waals surface area contributed by atoms with E-state index in [9.17, 15) is 4.79 Å². The van der Waals surface area contributed by atoms with Gasteiger partial charge in [-0.2, -0.15) is 0 Å². The van der Waals surface area contributed by atoms with E-state index in [1.54, 1.807) is 30.3 Å². The zero-order valence-corrected chi connectivity index (χ0v) is 20.3. The number of benzene rings is 2. The molecule has 0 bridgehead atoms. The maximum absolute atomic E-state index is 12.6. The first-order valence-electron chi connectivity index (χ1n) is 9.71. The van der Waals surface area contributed by atoms with Gasteiger partial charge in [-0.25, -0.2) is 0 Å². The lowest BCUT2D eigenvalue weighted by Gasteiger charge is -2.13. The molecule has 8 nitrogen and oxygen atoms in total. The summed E-state index contributed by atoms with van der Waals surface area (Å²) in [5.41, 5.74) is 0.450. The monoisotopic (exact) mass is 508 g/mol. The largest absolute Gasteiger partial charge is 0.495 e. The Hall–Kier alpha value is -2.88. The Morgan fingerprint density at radius 1 is 1.12 bits per heavy atom. The highest BCUT2D eigenvalue weighted by Gasteiger charge is 2.16. The number of hydrogen-bond donors (Lipinski definition) is 1. The third-order valence-corrected chi connectivity index (χ3v) is 5.95. The van der Waals surface area contributed by atoms with Crippen LogP contribution in [-0.2, 0) is 17.9 Å². The standard InChI is InChI=1S/C22H22Cl2N4O4S/c1-4-9-28-20(12-32-17-8-6-5-7-14(17)23)26-27-22(28)33-13-21(29)25-16-11-18(30-2)15(24)10-19(16)31-3/h4-8,10-11H,1,9,12-13H2,2-3H3,(H,25,29). The third kappa shape index (κ3) is 6.34. The number of para-hydroxylation sites is 1. The van der Waals surface area contributed by atoms with Crippen molar-refractivity contribution in [1.82, 2.24) is 14.8 Å². The van der Waals surface area contributed by atoms with Crippen molar-refractivity contribution in [3.05, 3.63) is 64.9 Å². The number of ether oxygens (including phenoxy) is 3. The second-order valence-electron chi connectivity index (χ2n) is 6.54. The predicted octanol–water partition coefficient (Wildman–Crippen LogP) is 5.10. The Balaban J connectivity index is 1.67. The Kier molecular flexibility index (Phi) is 8.87. The lowest BCUT2D eigenvalue weighted by molar-refractivity contribution is -0.113. The maximum atomic E-state index is 12.6. The van der Waals surface area contributed by atoms with Crippen LogP contribution in [0, 0.1) is 0 Å². The number of anilines is 1. The van der Waals surface area contributed by atoms with Gasteiger partial charge in [0.05, 0.1) is 35.7 Å². The molecule has 174 valence electrons. The molecule has 0 atom stereocenters. The molecule has 0 radical (unpaired) electrons. The van der Waals surface area contributed by atoms with Crippen LogP contribution in [0.3, 0.4) is 0 Å². The number of hydrogen-bond acceptors (Lipinski definition) is 7. The molecule has 0 aliphatic rings. The summed E-state index contributed by atoms with van der Waals surface area (Å²) in [4.78, 5) is 12.6. The van der Waals surface area contributed by atoms with E-state index in [0.717, 1.165) is 0 Å². The van der Waals surface area contributed by atoms with Gasteiger partial charge in [-0.05, 0) is 12.1 Å². The Bertz CT molecular complexity index is 1140. The molecule has 0 fully saturated rings. The van der Waals surface area contributed by atoms with Crippen molar-refractivity contribution in [2.45, 2.75) is 18.3 Å². The van der Waals surface area contributed by atoms with Crippen LogP contribution in [0.1, 0.15) is 5.82 Å². The molecule has 3 aromatic rings. The molecule has 3 rings (SSSR count). The molecule has 2 aromatic carbocycles. The summed E-state index contributed by atoms with van der Waals surface area (Å²) >= 11 is 13.5. The fraction of sp³-hybridized carbons (Fsp3) is 0.227. The summed E-state index contributed by atoms with van der Waals surface area (Å²) in [5, 5.41) is 12.6. The first-order chi connectivity index (χ1) is 16.0. The molecule has 1 heterocycles. The second-order valence-corrected chi connectivity index (χ2v) is 8.30. The molecule has 0 saturated carbocycles. The number of methoxy groups -OCH3 is 2. The molecule has 11 heteroatoms. The minimum atomic E-state index is -0.260. The van der Waals surface area contributed by atoms with Gasteiger partial charge >= 0.3 is 0 Å². The predicted molar refractivity (Wildman–Crippen MR) is 130 cm³/mol. The molecule has 1 amide bonds. The molecule has 33 heavy (non-hydrogen) atoms. The minimum Gasteiger partial charge on any atom is -0.495 e. The molecular weight excluding hydrogens is 487 g/mol. The van der Waals surface area contributed by atoms with E-state index in [0.29, 0.717) is 50.5 Å². The fourth-order valence-corrected chi connectivity index (χ4v) is 4.01. The van der Waals surface area contributed by atoms with Crippen LogP contribution in [0.2, 0.25) is 10.0 Å². The SMILES string of the molecule is C=CCn1c(COc2ccccc2Cl)nnc1SCC(=O)Nc1cc(OC)c(Cl)cc1OC. The van der Waals surface area contributed by atoms with Crippen molar-refractivity contribution in [2.75, 3.05) is 25.3 Å². The van der Waals surface area contributed by atoms with Crippen LogP contribution in [0.15, 0.2) is 54.2 Å². The molecule has 0 spiro atoms. The van der Waals surface area contributed by atoms with Crippen LogP contribution in [0.5, 0.6) is 17.2 Å². The Labute approximate surface area is 205 Å². The summed E-state index contributed by atoms with van der Waals surface area (Å²) in [6, 6.07) is 10.4. The van der Waals surface area contributed by atoms with E-state index in [-0.39, 0.29) is 18.3 Å². The van der Waals surface area contributed by atoms with Crippen LogP contribution in [0.25, 0.3) is 0 Å². The zero-order chi connectivity index (χ0) is 23.8. The van der Waals surface area contributed by atoms with Gasteiger partial charge in [0, 0.05) is 18.7 Å². The van der Waals surface area contributed by atoms with E-state index in [2.05, 4.69) is 22.1 Å². The number of nitrogens with one attached hydrogen (secondary N) is 1. The van der Waals surface area contributed by atoms with Gasteiger partial charge in [0.25, 0.3) is 0 Å². The second kappa shape index (κ2) is 11.8. The highest BCUT2D eigenvalue weighted by Crippen LogP contribution is 2.36. The lowest BCUT2D eigenvalue weighted by atomic mass is 10.2. The topological polar surface area (TPSA) is 87.5 Å². The average Bonchev–Trinajstić information content (AvgIpc) is 3.19. The number of halogens is 2. The zero-order valence-electron chi connectivity index (χ0n) is 18.0. The van der Waals surface area contributed by atoms with Gasteiger partial charge in [0.15, 0.2) is 11.0 Å². The highest BCUT2D eigenvalue weighted by atomic mass is 35.5. The van der Waals surface area contributed by atoms with Gasteiger partial charge in [-0.15, -0.1) is 16.8 Å². The van der Waals surface area contributed by atoms with Crippen molar-refractivity contribution in [1.29, 1.82) is 0 Å². The minimum absolute atomic E-state index is 0.0920. The number of allylic oxidation sites excluding steroid dienone is 1. The number of nitrogens with zero attached hydrogens (tertiary/aromatic N) is 3. The number of aromatic nitrogens is 3. The Morgan fingerprint density at radius 2 is 1.88 bits per heavy atom. The summed E-state index contributed by atoms with van der Waals surface area (Å²) in [5.74, 6) is 1.82. The number of thioether (sulfide) groups is 1. The quantitative estimate of drug-likeness (QED) is 0.284. The van der Waals surface area contributed by atoms with Gasteiger partial charge in [-0.3, -0.25) is 9.36 Å². The van der Waals surface area contributed by atoms with Gasteiger partial charge in [-0.1, -0.05) is 53.2 Å². The van der Waals surface area contributed by atoms with Crippen LogP contribution in [0.4, 0.5) is 5.69 Å². The fourth-order valence-electron chi connectivity index (χ4n) is 2.82. The normalized spacial score (nSPS) is 10.5. The first kappa shape index (κ1) is 24.8. The van der Waals surface area contributed by atoms with Crippen molar-refractivity contribution < 1.29 is 19.0 Å². The van der Waals surface area contributed by atoms with Crippen molar-refractivity contribution in [2.24, 2.45) is 0 Å². The van der Waals surface area contributed by atoms with Crippen LogP contribution in [-0.4, -0.2) is 40.6 Å². The van der Waals surface area contributed by atoms with E-state index in [1.165, 1.54) is 26.0 Å². The lowest BCUT2D eigenvalue weighted by Crippen LogP contribution is -2.15. The van der Waals surface area contributed by atoms with Crippen LogP contribution < -0.4 is 19.5 Å². The van der Waals surface area contributed by atoms with E-state index in [4.69, 9.17) is 37.4 Å². The van der Waals surface area contributed by atoms with Gasteiger partial charge in [0.1, 0.15) is 23.9 Å². The molecule has 1 N–H and O–H groups in total. The van der Waals surface area contributed by atoms with Crippen molar-refractivity contribution >= 4 is 46.6 Å². The summed E-state index contributed by atoms with van der Waals surface area (Å²) in [7, 11) is 2.99. The number of amides is 1. The highest BCUT2D eigenvalue weighted by molar-refractivity contribution is 7.99. The van der Waals surface area contributed by atoms with Crippen LogP contribution >= 0.6 is 35.0 Å². The van der Waals surface area contributed by atoms with Gasteiger partial charge < -0.3 is 19.5 Å². The summed E-state index contributed by atoms with van der Waals surface area (Å²) in [6.45, 7) is 4.40. The molecular formula is C22H22Cl2N4O4S. The molecule has 0 aliphatic heterocycles. The summed E-state index contributed by atoms with van der Waals surface area (Å²) < 4.78 is 18.1. The molecule has 1 aromatic heterocycles. The molecule has 0 unspecified atom stereocenters. The first-order valence-corrected chi connectivity index (χ1v) is 11.5. The average molecular weight is 509 g/mol. The van der Waals surface area contributed by atoms with Crippen molar-refractivity contribution in [3.8, 4) is 17.2 Å². The van der Waals surface area contributed by atoms with E-state index >= 15 is 0 Å². The number of rotatable bonds is 11.